The summed E-state index contributed by atoms with van der Waals surface area (Å²) in [4.78, 5) is 25.2. The third kappa shape index (κ3) is 4.46. The van der Waals surface area contributed by atoms with Gasteiger partial charge in [-0.15, -0.1) is 0 Å². The van der Waals surface area contributed by atoms with Crippen LogP contribution >= 0.6 is 15.9 Å². The summed E-state index contributed by atoms with van der Waals surface area (Å²) in [5, 5.41) is 2.63. The SMILES string of the molecule is Cc1cc(Br)cc(C(=O)N2CCCC(CNC(N)=O)C2)c1. The van der Waals surface area contributed by atoms with Crippen LogP contribution in [0.2, 0.25) is 0 Å². The van der Waals surface area contributed by atoms with Crippen LogP contribution in [0.25, 0.3) is 0 Å². The highest BCUT2D eigenvalue weighted by Gasteiger charge is 2.24. The lowest BCUT2D eigenvalue weighted by atomic mass is 9.97. The van der Waals surface area contributed by atoms with Crippen LogP contribution in [0, 0.1) is 12.8 Å². The van der Waals surface area contributed by atoms with Crippen molar-refractivity contribution in [2.24, 2.45) is 11.7 Å². The summed E-state index contributed by atoms with van der Waals surface area (Å²) in [6.45, 7) is 3.91. The highest BCUT2D eigenvalue weighted by Crippen LogP contribution is 2.21. The van der Waals surface area contributed by atoms with Crippen molar-refractivity contribution in [3.8, 4) is 0 Å². The van der Waals surface area contributed by atoms with Crippen LogP contribution in [-0.4, -0.2) is 36.5 Å². The fraction of sp³-hybridized carbons (Fsp3) is 0.467. The average molecular weight is 354 g/mol. The van der Waals surface area contributed by atoms with Gasteiger partial charge < -0.3 is 16.0 Å². The quantitative estimate of drug-likeness (QED) is 0.874. The van der Waals surface area contributed by atoms with Crippen LogP contribution in [0.1, 0.15) is 28.8 Å². The topological polar surface area (TPSA) is 75.4 Å². The van der Waals surface area contributed by atoms with Gasteiger partial charge in [-0.3, -0.25) is 4.79 Å². The second-order valence-corrected chi connectivity index (χ2v) is 6.44. The maximum Gasteiger partial charge on any atom is 0.312 e. The number of carbonyl (C=O) groups excluding carboxylic acids is 2. The van der Waals surface area contributed by atoms with Gasteiger partial charge in [-0.25, -0.2) is 4.79 Å². The number of rotatable bonds is 3. The first kappa shape index (κ1) is 15.8. The second kappa shape index (κ2) is 6.93. The monoisotopic (exact) mass is 353 g/mol. The van der Waals surface area contributed by atoms with Gasteiger partial charge in [0.15, 0.2) is 0 Å². The van der Waals surface area contributed by atoms with E-state index in [1.54, 1.807) is 0 Å². The fourth-order valence-electron chi connectivity index (χ4n) is 2.70. The van der Waals surface area contributed by atoms with Gasteiger partial charge >= 0.3 is 6.03 Å². The lowest BCUT2D eigenvalue weighted by molar-refractivity contribution is 0.0675. The molecule has 1 aromatic carbocycles. The number of nitrogens with two attached hydrogens (primary N) is 1. The minimum atomic E-state index is -0.513. The van der Waals surface area contributed by atoms with E-state index in [0.29, 0.717) is 18.7 Å². The summed E-state index contributed by atoms with van der Waals surface area (Å²) in [7, 11) is 0. The Kier molecular flexibility index (Phi) is 5.22. The zero-order valence-corrected chi connectivity index (χ0v) is 13.6. The summed E-state index contributed by atoms with van der Waals surface area (Å²) in [6, 6.07) is 5.21. The standard InChI is InChI=1S/C15H20BrN3O2/c1-10-5-12(7-13(16)6-10)14(20)19-4-2-3-11(9-19)8-18-15(17)21/h5-7,11H,2-4,8-9H2,1H3,(H3,17,18,21). The van der Waals surface area contributed by atoms with E-state index in [2.05, 4.69) is 21.2 Å². The molecular formula is C15H20BrN3O2. The number of amides is 3. The molecular weight excluding hydrogens is 334 g/mol. The lowest BCUT2D eigenvalue weighted by Gasteiger charge is -2.33. The Balaban J connectivity index is 2.03. The Morgan fingerprint density at radius 2 is 2.19 bits per heavy atom. The Bertz CT molecular complexity index is 527. The molecule has 3 amide bonds. The van der Waals surface area contributed by atoms with Gasteiger partial charge in [-0.05, 0) is 49.4 Å². The predicted molar refractivity (Wildman–Crippen MR) is 85.1 cm³/mol. The summed E-state index contributed by atoms with van der Waals surface area (Å²) < 4.78 is 0.912. The van der Waals surface area contributed by atoms with Crippen molar-refractivity contribution >= 4 is 27.9 Å². The zero-order chi connectivity index (χ0) is 15.4. The van der Waals surface area contributed by atoms with Crippen LogP contribution < -0.4 is 11.1 Å². The number of hydrogen-bond acceptors (Lipinski definition) is 2. The molecule has 0 bridgehead atoms. The van der Waals surface area contributed by atoms with Gasteiger partial charge in [0.1, 0.15) is 0 Å². The molecule has 114 valence electrons. The number of halogens is 1. The minimum absolute atomic E-state index is 0.0446. The summed E-state index contributed by atoms with van der Waals surface area (Å²) in [6.07, 6.45) is 1.95. The van der Waals surface area contributed by atoms with Crippen LogP contribution in [0.4, 0.5) is 4.79 Å². The molecule has 0 aromatic heterocycles. The third-order valence-corrected chi connectivity index (χ3v) is 4.12. The Hall–Kier alpha value is -1.56. The molecule has 1 atom stereocenters. The first-order chi connectivity index (χ1) is 9.95. The Labute approximate surface area is 133 Å². The molecule has 3 N–H and O–H groups in total. The van der Waals surface area contributed by atoms with Crippen molar-refractivity contribution in [2.45, 2.75) is 19.8 Å². The molecule has 1 fully saturated rings. The van der Waals surface area contributed by atoms with Crippen molar-refractivity contribution in [1.29, 1.82) is 0 Å². The van der Waals surface area contributed by atoms with Gasteiger partial charge in [0.2, 0.25) is 0 Å². The maximum atomic E-state index is 12.6. The summed E-state index contributed by atoms with van der Waals surface area (Å²) >= 11 is 3.43. The summed E-state index contributed by atoms with van der Waals surface area (Å²) in [5.41, 5.74) is 6.84. The molecule has 1 saturated heterocycles. The smallest absolute Gasteiger partial charge is 0.312 e. The molecule has 1 heterocycles. The minimum Gasteiger partial charge on any atom is -0.352 e. The number of aryl methyl sites for hydroxylation is 1. The molecule has 0 spiro atoms. The van der Waals surface area contributed by atoms with Crippen LogP contribution in [0.5, 0.6) is 0 Å². The lowest BCUT2D eigenvalue weighted by Crippen LogP contribution is -2.44. The fourth-order valence-corrected chi connectivity index (χ4v) is 3.31. The highest BCUT2D eigenvalue weighted by atomic mass is 79.9. The normalized spacial score (nSPS) is 18.4. The Morgan fingerprint density at radius 1 is 1.43 bits per heavy atom. The van der Waals surface area contributed by atoms with E-state index in [-0.39, 0.29) is 11.8 Å². The number of piperidine rings is 1. The van der Waals surface area contributed by atoms with Crippen LogP contribution in [0.3, 0.4) is 0 Å². The number of carbonyl (C=O) groups is 2. The van der Waals surface area contributed by atoms with E-state index in [1.165, 1.54) is 0 Å². The van der Waals surface area contributed by atoms with Gasteiger partial charge in [-0.1, -0.05) is 15.9 Å². The van der Waals surface area contributed by atoms with Crippen LogP contribution in [-0.2, 0) is 0 Å². The highest BCUT2D eigenvalue weighted by molar-refractivity contribution is 9.10. The van der Waals surface area contributed by atoms with Gasteiger partial charge in [0.25, 0.3) is 5.91 Å². The van der Waals surface area contributed by atoms with E-state index < -0.39 is 6.03 Å². The van der Waals surface area contributed by atoms with Crippen molar-refractivity contribution < 1.29 is 9.59 Å². The van der Waals surface area contributed by atoms with Gasteiger partial charge in [0, 0.05) is 29.7 Å². The largest absolute Gasteiger partial charge is 0.352 e. The number of nitrogens with one attached hydrogen (secondary N) is 1. The van der Waals surface area contributed by atoms with Crippen molar-refractivity contribution in [1.82, 2.24) is 10.2 Å². The molecule has 21 heavy (non-hydrogen) atoms. The number of hydrogen-bond donors (Lipinski definition) is 2. The molecule has 1 aliphatic rings. The van der Waals surface area contributed by atoms with E-state index in [4.69, 9.17) is 5.73 Å². The van der Waals surface area contributed by atoms with Crippen molar-refractivity contribution in [2.75, 3.05) is 19.6 Å². The molecule has 1 aromatic rings. The molecule has 6 heteroatoms. The molecule has 5 nitrogen and oxygen atoms in total. The van der Waals surface area contributed by atoms with Crippen molar-refractivity contribution in [3.63, 3.8) is 0 Å². The molecule has 0 saturated carbocycles. The molecule has 0 radical (unpaired) electrons. The number of likely N-dealkylation sites (tertiary alicyclic amines) is 1. The van der Waals surface area contributed by atoms with Gasteiger partial charge in [0.05, 0.1) is 0 Å². The third-order valence-electron chi connectivity index (χ3n) is 3.66. The van der Waals surface area contributed by atoms with Gasteiger partial charge in [-0.2, -0.15) is 0 Å². The first-order valence-corrected chi connectivity index (χ1v) is 7.85. The molecule has 0 aliphatic carbocycles. The first-order valence-electron chi connectivity index (χ1n) is 7.05. The average Bonchev–Trinajstić information content (AvgIpc) is 2.43. The molecule has 1 unspecified atom stereocenters. The van der Waals surface area contributed by atoms with Crippen LogP contribution in [0.15, 0.2) is 22.7 Å². The van der Waals surface area contributed by atoms with E-state index in [9.17, 15) is 9.59 Å². The zero-order valence-electron chi connectivity index (χ0n) is 12.1. The second-order valence-electron chi connectivity index (χ2n) is 5.52. The number of primary amides is 1. The molecule has 2 rings (SSSR count). The van der Waals surface area contributed by atoms with Crippen molar-refractivity contribution in [3.05, 3.63) is 33.8 Å². The van der Waals surface area contributed by atoms with E-state index in [0.717, 1.165) is 29.4 Å². The number of nitrogens with zero attached hydrogens (tertiary/aromatic N) is 1. The maximum absolute atomic E-state index is 12.6. The number of benzene rings is 1. The molecule has 1 aliphatic heterocycles. The number of urea groups is 1. The predicted octanol–water partition coefficient (Wildman–Crippen LogP) is 2.28. The van der Waals surface area contributed by atoms with E-state index in [1.807, 2.05) is 30.0 Å². The van der Waals surface area contributed by atoms with E-state index >= 15 is 0 Å². The Morgan fingerprint density at radius 3 is 2.86 bits per heavy atom. The summed E-state index contributed by atoms with van der Waals surface area (Å²) in [5.74, 6) is 0.312.